The number of nitrogens with one attached hydrogen (secondary N) is 1. The van der Waals surface area contributed by atoms with Gasteiger partial charge in [-0.15, -0.1) is 0 Å². The standard InChI is InChI=1S/C7H4BrClN2O/c8-7-3(9)1-4-5(11-7)2-6(12)10-4/h1H,2H2,(H,10,12). The summed E-state index contributed by atoms with van der Waals surface area (Å²) in [6.45, 7) is 0. The molecule has 0 aliphatic carbocycles. The van der Waals surface area contributed by atoms with E-state index in [0.29, 0.717) is 21.7 Å². The molecule has 2 rings (SSSR count). The lowest BCUT2D eigenvalue weighted by Crippen LogP contribution is -2.03. The molecule has 2 heterocycles. The van der Waals surface area contributed by atoms with Crippen LogP contribution < -0.4 is 5.32 Å². The lowest BCUT2D eigenvalue weighted by atomic mass is 10.3. The molecular weight excluding hydrogens is 243 g/mol. The number of fused-ring (bicyclic) bond motifs is 1. The molecule has 0 aromatic carbocycles. The fraction of sp³-hybridized carbons (Fsp3) is 0.143. The number of nitrogens with zero attached hydrogens (tertiary/aromatic N) is 1. The maximum Gasteiger partial charge on any atom is 0.230 e. The van der Waals surface area contributed by atoms with Crippen LogP contribution in [0, 0.1) is 0 Å². The first-order chi connectivity index (χ1) is 5.66. The van der Waals surface area contributed by atoms with Gasteiger partial charge in [0.25, 0.3) is 0 Å². The SMILES string of the molecule is O=C1Cc2nc(Br)c(Cl)cc2N1. The van der Waals surface area contributed by atoms with Gasteiger partial charge in [0, 0.05) is 0 Å². The third kappa shape index (κ3) is 1.21. The Hall–Kier alpha value is -0.610. The maximum atomic E-state index is 10.9. The summed E-state index contributed by atoms with van der Waals surface area (Å²) < 4.78 is 0.583. The molecule has 0 unspecified atom stereocenters. The molecule has 0 atom stereocenters. The van der Waals surface area contributed by atoms with E-state index in [1.54, 1.807) is 6.07 Å². The van der Waals surface area contributed by atoms with Crippen LogP contribution in [-0.2, 0) is 11.2 Å². The van der Waals surface area contributed by atoms with Crippen molar-refractivity contribution in [2.75, 3.05) is 5.32 Å². The number of aromatic nitrogens is 1. The van der Waals surface area contributed by atoms with Gasteiger partial charge in [-0.1, -0.05) is 11.6 Å². The van der Waals surface area contributed by atoms with Crippen molar-refractivity contribution >= 4 is 39.1 Å². The Morgan fingerprint density at radius 1 is 1.67 bits per heavy atom. The van der Waals surface area contributed by atoms with Crippen LogP contribution >= 0.6 is 27.5 Å². The van der Waals surface area contributed by atoms with Crippen LogP contribution in [0.4, 0.5) is 5.69 Å². The Labute approximate surface area is 82.3 Å². The number of hydrogen-bond donors (Lipinski definition) is 1. The molecule has 0 fully saturated rings. The zero-order valence-corrected chi connectivity index (χ0v) is 8.24. The topological polar surface area (TPSA) is 42.0 Å². The van der Waals surface area contributed by atoms with E-state index >= 15 is 0 Å². The molecule has 0 saturated carbocycles. The summed E-state index contributed by atoms with van der Waals surface area (Å²) >= 11 is 8.97. The fourth-order valence-electron chi connectivity index (χ4n) is 1.09. The summed E-state index contributed by atoms with van der Waals surface area (Å²) in [7, 11) is 0. The highest BCUT2D eigenvalue weighted by Gasteiger charge is 2.20. The third-order valence-corrected chi connectivity index (χ3v) is 2.74. The predicted octanol–water partition coefficient (Wildman–Crippen LogP) is 1.99. The maximum absolute atomic E-state index is 10.9. The van der Waals surface area contributed by atoms with Crippen LogP contribution in [0.3, 0.4) is 0 Å². The molecule has 0 saturated heterocycles. The number of rotatable bonds is 0. The minimum absolute atomic E-state index is 0.0355. The Kier molecular flexibility index (Phi) is 1.81. The summed E-state index contributed by atoms with van der Waals surface area (Å²) in [5, 5.41) is 3.17. The highest BCUT2D eigenvalue weighted by molar-refractivity contribution is 9.10. The quantitative estimate of drug-likeness (QED) is 0.713. The van der Waals surface area contributed by atoms with Gasteiger partial charge in [0.2, 0.25) is 5.91 Å². The molecule has 0 radical (unpaired) electrons. The number of carbonyl (C=O) groups is 1. The minimum atomic E-state index is -0.0355. The van der Waals surface area contributed by atoms with Crippen molar-refractivity contribution in [2.24, 2.45) is 0 Å². The smallest absolute Gasteiger partial charge is 0.230 e. The summed E-state index contributed by atoms with van der Waals surface area (Å²) in [5.74, 6) is -0.0355. The van der Waals surface area contributed by atoms with Gasteiger partial charge in [-0.25, -0.2) is 4.98 Å². The number of anilines is 1. The van der Waals surface area contributed by atoms with E-state index < -0.39 is 0 Å². The third-order valence-electron chi connectivity index (χ3n) is 1.61. The van der Waals surface area contributed by atoms with Crippen LogP contribution in [0.1, 0.15) is 5.69 Å². The van der Waals surface area contributed by atoms with Gasteiger partial charge >= 0.3 is 0 Å². The summed E-state index contributed by atoms with van der Waals surface area (Å²) in [6, 6.07) is 1.69. The van der Waals surface area contributed by atoms with Crippen molar-refractivity contribution in [3.63, 3.8) is 0 Å². The highest BCUT2D eigenvalue weighted by atomic mass is 79.9. The second-order valence-electron chi connectivity index (χ2n) is 2.48. The lowest BCUT2D eigenvalue weighted by Gasteiger charge is -1.99. The summed E-state index contributed by atoms with van der Waals surface area (Å²) in [5.41, 5.74) is 1.46. The normalized spacial score (nSPS) is 14.3. The number of hydrogen-bond acceptors (Lipinski definition) is 2. The molecule has 1 N–H and O–H groups in total. The molecule has 1 aliphatic heterocycles. The van der Waals surface area contributed by atoms with Crippen molar-refractivity contribution in [3.8, 4) is 0 Å². The van der Waals surface area contributed by atoms with E-state index in [2.05, 4.69) is 26.2 Å². The molecule has 0 bridgehead atoms. The first-order valence-corrected chi connectivity index (χ1v) is 4.48. The van der Waals surface area contributed by atoms with Gasteiger partial charge in [-0.05, 0) is 22.0 Å². The number of pyridine rings is 1. The van der Waals surface area contributed by atoms with E-state index in [1.165, 1.54) is 0 Å². The molecule has 62 valence electrons. The molecule has 3 nitrogen and oxygen atoms in total. The summed E-state index contributed by atoms with van der Waals surface area (Å²) in [6.07, 6.45) is 0.338. The van der Waals surface area contributed by atoms with E-state index in [0.717, 1.165) is 5.69 Å². The van der Waals surface area contributed by atoms with Crippen molar-refractivity contribution in [3.05, 3.63) is 21.4 Å². The highest BCUT2D eigenvalue weighted by Crippen LogP contribution is 2.29. The van der Waals surface area contributed by atoms with Crippen molar-refractivity contribution in [1.82, 2.24) is 4.98 Å². The monoisotopic (exact) mass is 246 g/mol. The number of amides is 1. The zero-order chi connectivity index (χ0) is 8.72. The molecule has 1 aromatic rings. The molecule has 5 heteroatoms. The molecule has 1 aromatic heterocycles. The van der Waals surface area contributed by atoms with Crippen LogP contribution in [0.2, 0.25) is 5.02 Å². The summed E-state index contributed by atoms with van der Waals surface area (Å²) in [4.78, 5) is 15.0. The van der Waals surface area contributed by atoms with E-state index in [9.17, 15) is 4.79 Å². The van der Waals surface area contributed by atoms with Crippen molar-refractivity contribution < 1.29 is 4.79 Å². The van der Waals surface area contributed by atoms with Gasteiger partial charge in [-0.3, -0.25) is 4.79 Å². The average Bonchev–Trinajstić information content (AvgIpc) is 2.30. The molecule has 12 heavy (non-hydrogen) atoms. The number of carbonyl (C=O) groups excluding carboxylic acids is 1. The average molecular weight is 247 g/mol. The van der Waals surface area contributed by atoms with Crippen LogP contribution in [0.5, 0.6) is 0 Å². The van der Waals surface area contributed by atoms with Gasteiger partial charge in [0.05, 0.1) is 22.8 Å². The molecule has 1 amide bonds. The van der Waals surface area contributed by atoms with Gasteiger partial charge in [0.15, 0.2) is 0 Å². The molecule has 1 aliphatic rings. The van der Waals surface area contributed by atoms with Crippen molar-refractivity contribution in [2.45, 2.75) is 6.42 Å². The van der Waals surface area contributed by atoms with Gasteiger partial charge in [-0.2, -0.15) is 0 Å². The second kappa shape index (κ2) is 2.71. The van der Waals surface area contributed by atoms with Crippen LogP contribution in [-0.4, -0.2) is 10.9 Å². The van der Waals surface area contributed by atoms with Crippen LogP contribution in [0.15, 0.2) is 10.7 Å². The molecule has 0 spiro atoms. The Bertz CT molecular complexity index is 334. The Balaban J connectivity index is 2.55. The Morgan fingerprint density at radius 2 is 2.42 bits per heavy atom. The predicted molar refractivity (Wildman–Crippen MR) is 49.3 cm³/mol. The minimum Gasteiger partial charge on any atom is -0.324 e. The van der Waals surface area contributed by atoms with Gasteiger partial charge in [0.1, 0.15) is 4.60 Å². The van der Waals surface area contributed by atoms with E-state index in [-0.39, 0.29) is 5.91 Å². The molecular formula is C7H4BrClN2O. The first-order valence-electron chi connectivity index (χ1n) is 3.31. The number of halogens is 2. The fourth-order valence-corrected chi connectivity index (χ4v) is 1.57. The largest absolute Gasteiger partial charge is 0.324 e. The van der Waals surface area contributed by atoms with E-state index in [1.807, 2.05) is 0 Å². The van der Waals surface area contributed by atoms with Crippen LogP contribution in [0.25, 0.3) is 0 Å². The Morgan fingerprint density at radius 3 is 3.17 bits per heavy atom. The van der Waals surface area contributed by atoms with E-state index in [4.69, 9.17) is 11.6 Å². The van der Waals surface area contributed by atoms with Gasteiger partial charge < -0.3 is 5.32 Å². The lowest BCUT2D eigenvalue weighted by molar-refractivity contribution is -0.115. The zero-order valence-electron chi connectivity index (χ0n) is 5.90. The first kappa shape index (κ1) is 8.01. The van der Waals surface area contributed by atoms with Crippen molar-refractivity contribution in [1.29, 1.82) is 0 Å². The second-order valence-corrected chi connectivity index (χ2v) is 3.64.